The van der Waals surface area contributed by atoms with Gasteiger partial charge in [-0.15, -0.1) is 0 Å². The van der Waals surface area contributed by atoms with Crippen molar-refractivity contribution < 1.29 is 9.53 Å². The second-order valence-electron chi connectivity index (χ2n) is 5.26. The second kappa shape index (κ2) is 5.86. The number of carbonyl (C=O) groups is 1. The Kier molecular flexibility index (Phi) is 4.72. The van der Waals surface area contributed by atoms with Crippen LogP contribution in [0, 0.1) is 0 Å². The zero-order valence-electron chi connectivity index (χ0n) is 11.4. The van der Waals surface area contributed by atoms with Gasteiger partial charge >= 0.3 is 6.09 Å². The predicted octanol–water partition coefficient (Wildman–Crippen LogP) is 0.815. The third-order valence-electron chi connectivity index (χ3n) is 2.23. The van der Waals surface area contributed by atoms with Crippen LogP contribution >= 0.6 is 0 Å². The van der Waals surface area contributed by atoms with Gasteiger partial charge in [0, 0.05) is 32.3 Å². The van der Waals surface area contributed by atoms with Gasteiger partial charge in [0.05, 0.1) is 5.69 Å². The van der Waals surface area contributed by atoms with Crippen molar-refractivity contribution in [2.45, 2.75) is 38.8 Å². The molecule has 0 aliphatic rings. The van der Waals surface area contributed by atoms with E-state index >= 15 is 0 Å². The largest absolute Gasteiger partial charge is 0.444 e. The Hall–Kier alpha value is -1.56. The molecule has 6 heteroatoms. The Morgan fingerprint density at radius 2 is 2.28 bits per heavy atom. The van der Waals surface area contributed by atoms with Crippen molar-refractivity contribution in [3.8, 4) is 0 Å². The molecule has 1 aromatic heterocycles. The molecule has 0 fully saturated rings. The van der Waals surface area contributed by atoms with E-state index in [-0.39, 0.29) is 6.04 Å². The first-order valence-corrected chi connectivity index (χ1v) is 5.98. The molecule has 0 saturated carbocycles. The van der Waals surface area contributed by atoms with Crippen LogP contribution in [0.3, 0.4) is 0 Å². The molecule has 1 amide bonds. The van der Waals surface area contributed by atoms with Crippen LogP contribution in [0.2, 0.25) is 0 Å². The Labute approximate surface area is 107 Å². The summed E-state index contributed by atoms with van der Waals surface area (Å²) in [7, 11) is 1.85. The fourth-order valence-corrected chi connectivity index (χ4v) is 1.49. The van der Waals surface area contributed by atoms with Crippen LogP contribution in [-0.4, -0.2) is 34.1 Å². The lowest BCUT2D eigenvalue weighted by Gasteiger charge is -2.22. The first-order chi connectivity index (χ1) is 8.30. The summed E-state index contributed by atoms with van der Waals surface area (Å²) in [6, 6.07) is 1.73. The molecule has 0 saturated heterocycles. The summed E-state index contributed by atoms with van der Waals surface area (Å²) in [5.74, 6) is 0. The number of nitrogens with zero attached hydrogens (tertiary/aromatic N) is 2. The number of aryl methyl sites for hydroxylation is 1. The lowest BCUT2D eigenvalue weighted by molar-refractivity contribution is 0.0505. The number of ether oxygens (including phenoxy) is 1. The lowest BCUT2D eigenvalue weighted by atomic mass is 10.1. The third-order valence-corrected chi connectivity index (χ3v) is 2.23. The highest BCUT2D eigenvalue weighted by atomic mass is 16.6. The summed E-state index contributed by atoms with van der Waals surface area (Å²) in [6.45, 7) is 5.81. The van der Waals surface area contributed by atoms with Crippen LogP contribution in [0.15, 0.2) is 12.3 Å². The lowest BCUT2D eigenvalue weighted by Crippen LogP contribution is -2.44. The Bertz CT molecular complexity index is 395. The predicted molar refractivity (Wildman–Crippen MR) is 69.1 cm³/mol. The van der Waals surface area contributed by atoms with Crippen LogP contribution in [-0.2, 0) is 18.2 Å². The molecule has 0 aromatic carbocycles. The fraction of sp³-hybridized carbons (Fsp3) is 0.667. The number of hydrogen-bond acceptors (Lipinski definition) is 4. The first-order valence-electron chi connectivity index (χ1n) is 5.98. The average Bonchev–Trinajstić information content (AvgIpc) is 2.60. The van der Waals surface area contributed by atoms with E-state index in [9.17, 15) is 4.79 Å². The van der Waals surface area contributed by atoms with Crippen molar-refractivity contribution in [2.75, 3.05) is 6.54 Å². The highest BCUT2D eigenvalue weighted by molar-refractivity contribution is 5.68. The van der Waals surface area contributed by atoms with Crippen LogP contribution in [0.1, 0.15) is 26.5 Å². The molecule has 6 nitrogen and oxygen atoms in total. The first kappa shape index (κ1) is 14.5. The molecule has 0 radical (unpaired) electrons. The number of amides is 1. The van der Waals surface area contributed by atoms with E-state index in [1.165, 1.54) is 0 Å². The van der Waals surface area contributed by atoms with Crippen molar-refractivity contribution in [1.29, 1.82) is 0 Å². The third kappa shape index (κ3) is 5.18. The number of nitrogens with one attached hydrogen (secondary N) is 1. The monoisotopic (exact) mass is 254 g/mol. The van der Waals surface area contributed by atoms with Crippen molar-refractivity contribution in [1.82, 2.24) is 15.1 Å². The molecule has 3 N–H and O–H groups in total. The van der Waals surface area contributed by atoms with Gasteiger partial charge in [0.2, 0.25) is 0 Å². The van der Waals surface area contributed by atoms with E-state index in [1.807, 2.05) is 40.1 Å². The molecule has 1 rings (SSSR count). The topological polar surface area (TPSA) is 82.2 Å². The van der Waals surface area contributed by atoms with E-state index in [0.717, 1.165) is 5.69 Å². The summed E-state index contributed by atoms with van der Waals surface area (Å²) >= 11 is 0. The zero-order valence-corrected chi connectivity index (χ0v) is 11.4. The van der Waals surface area contributed by atoms with Gasteiger partial charge in [-0.2, -0.15) is 5.10 Å². The van der Waals surface area contributed by atoms with Crippen molar-refractivity contribution >= 4 is 6.09 Å². The minimum absolute atomic E-state index is 0.172. The summed E-state index contributed by atoms with van der Waals surface area (Å²) in [5, 5.41) is 6.99. The number of rotatable bonds is 4. The van der Waals surface area contributed by atoms with Gasteiger partial charge in [0.1, 0.15) is 5.60 Å². The summed E-state index contributed by atoms with van der Waals surface area (Å²) in [5.41, 5.74) is 6.02. The average molecular weight is 254 g/mol. The van der Waals surface area contributed by atoms with Crippen molar-refractivity contribution in [2.24, 2.45) is 12.8 Å². The second-order valence-corrected chi connectivity index (χ2v) is 5.26. The van der Waals surface area contributed by atoms with Crippen LogP contribution in [0.4, 0.5) is 4.79 Å². The Morgan fingerprint density at radius 1 is 1.61 bits per heavy atom. The SMILES string of the molecule is Cn1ccc(CC(CN)NC(=O)OC(C)(C)C)n1. The van der Waals surface area contributed by atoms with Crippen molar-refractivity contribution in [3.05, 3.63) is 18.0 Å². The highest BCUT2D eigenvalue weighted by Gasteiger charge is 2.19. The van der Waals surface area contributed by atoms with Crippen molar-refractivity contribution in [3.63, 3.8) is 0 Å². The van der Waals surface area contributed by atoms with Gasteiger partial charge in [-0.05, 0) is 26.8 Å². The van der Waals surface area contributed by atoms with Gasteiger partial charge in [0.25, 0.3) is 0 Å². The van der Waals surface area contributed by atoms with E-state index in [1.54, 1.807) is 4.68 Å². The number of hydrogen-bond donors (Lipinski definition) is 2. The van der Waals surface area contributed by atoms with E-state index in [2.05, 4.69) is 10.4 Å². The summed E-state index contributed by atoms with van der Waals surface area (Å²) < 4.78 is 6.90. The minimum Gasteiger partial charge on any atom is -0.444 e. The Morgan fingerprint density at radius 3 is 2.72 bits per heavy atom. The van der Waals surface area contributed by atoms with Gasteiger partial charge in [-0.1, -0.05) is 0 Å². The van der Waals surface area contributed by atoms with E-state index in [0.29, 0.717) is 13.0 Å². The molecule has 0 aliphatic carbocycles. The van der Waals surface area contributed by atoms with Gasteiger partial charge in [0.15, 0.2) is 0 Å². The minimum atomic E-state index is -0.506. The Balaban J connectivity index is 2.49. The number of aromatic nitrogens is 2. The fourth-order valence-electron chi connectivity index (χ4n) is 1.49. The molecule has 1 aromatic rings. The van der Waals surface area contributed by atoms with Crippen LogP contribution < -0.4 is 11.1 Å². The maximum atomic E-state index is 11.6. The molecule has 1 heterocycles. The number of carbonyl (C=O) groups excluding carboxylic acids is 1. The molecule has 18 heavy (non-hydrogen) atoms. The van der Waals surface area contributed by atoms with Gasteiger partial charge in [-0.25, -0.2) is 4.79 Å². The molecule has 102 valence electrons. The molecule has 0 aliphatic heterocycles. The molecule has 1 atom stereocenters. The standard InChI is InChI=1S/C12H22N4O2/c1-12(2,3)18-11(17)14-10(8-13)7-9-5-6-16(4)15-9/h5-6,10H,7-8,13H2,1-4H3,(H,14,17). The summed E-state index contributed by atoms with van der Waals surface area (Å²) in [4.78, 5) is 11.6. The highest BCUT2D eigenvalue weighted by Crippen LogP contribution is 2.07. The quantitative estimate of drug-likeness (QED) is 0.833. The normalized spacial score (nSPS) is 13.2. The smallest absolute Gasteiger partial charge is 0.407 e. The molecular formula is C12H22N4O2. The van der Waals surface area contributed by atoms with E-state index in [4.69, 9.17) is 10.5 Å². The molecule has 0 spiro atoms. The zero-order chi connectivity index (χ0) is 13.8. The van der Waals surface area contributed by atoms with E-state index < -0.39 is 11.7 Å². The molecule has 1 unspecified atom stereocenters. The molecule has 0 bridgehead atoms. The number of nitrogens with two attached hydrogens (primary N) is 1. The molecular weight excluding hydrogens is 232 g/mol. The van der Waals surface area contributed by atoms with Crippen LogP contribution in [0.25, 0.3) is 0 Å². The van der Waals surface area contributed by atoms with Crippen LogP contribution in [0.5, 0.6) is 0 Å². The maximum Gasteiger partial charge on any atom is 0.407 e. The van der Waals surface area contributed by atoms with Gasteiger partial charge in [-0.3, -0.25) is 4.68 Å². The summed E-state index contributed by atoms with van der Waals surface area (Å²) in [6.07, 6.45) is 2.00. The maximum absolute atomic E-state index is 11.6. The van der Waals surface area contributed by atoms with Gasteiger partial charge < -0.3 is 15.8 Å². The number of alkyl carbamates (subject to hydrolysis) is 1.